The minimum absolute atomic E-state index is 0.335. The summed E-state index contributed by atoms with van der Waals surface area (Å²) in [5, 5.41) is 0.729. The second-order valence-corrected chi connectivity index (χ2v) is 5.62. The number of rotatable bonds is 5. The van der Waals surface area contributed by atoms with Gasteiger partial charge in [0.1, 0.15) is 0 Å². The van der Waals surface area contributed by atoms with E-state index in [1.165, 1.54) is 0 Å². The zero-order chi connectivity index (χ0) is 14.0. The molecule has 0 bridgehead atoms. The Labute approximate surface area is 124 Å². The fourth-order valence-corrected chi connectivity index (χ4v) is 3.04. The van der Waals surface area contributed by atoms with Gasteiger partial charge in [-0.25, -0.2) is 0 Å². The summed E-state index contributed by atoms with van der Waals surface area (Å²) in [4.78, 5) is 5.64. The molecule has 0 aliphatic carbocycles. The smallest absolute Gasteiger partial charge is 0.178 e. The van der Waals surface area contributed by atoms with Crippen molar-refractivity contribution in [1.82, 2.24) is 14.5 Å². The zero-order valence-electron chi connectivity index (χ0n) is 11.6. The summed E-state index contributed by atoms with van der Waals surface area (Å²) in [6.45, 7) is 9.69. The number of aromatic amines is 1. The maximum Gasteiger partial charge on any atom is 0.178 e. The van der Waals surface area contributed by atoms with Gasteiger partial charge in [0.25, 0.3) is 0 Å². The average molecular weight is 298 g/mol. The fourth-order valence-electron chi connectivity index (χ4n) is 2.48. The van der Waals surface area contributed by atoms with E-state index in [2.05, 4.69) is 35.2 Å². The molecule has 1 heterocycles. The van der Waals surface area contributed by atoms with Crippen molar-refractivity contribution >= 4 is 34.9 Å². The molecule has 0 aliphatic heterocycles. The Hall–Kier alpha value is -0.840. The molecule has 0 aliphatic rings. The van der Waals surface area contributed by atoms with Crippen molar-refractivity contribution in [3.8, 4) is 0 Å². The second-order valence-electron chi connectivity index (χ2n) is 4.80. The van der Waals surface area contributed by atoms with Gasteiger partial charge in [-0.2, -0.15) is 0 Å². The maximum atomic E-state index is 6.02. The lowest BCUT2D eigenvalue weighted by atomic mass is 10.2. The standard InChI is InChI=1S/C14H20ClN3S/c1-4-17(5-2)9-10(3)18-13-7-6-11(15)8-12(13)16-14(18)19/h6-8,10H,4-5,9H2,1-3H3,(H,16,19). The molecule has 0 fully saturated rings. The lowest BCUT2D eigenvalue weighted by Crippen LogP contribution is -2.29. The Morgan fingerprint density at radius 2 is 2.05 bits per heavy atom. The lowest BCUT2D eigenvalue weighted by molar-refractivity contribution is 0.262. The Morgan fingerprint density at radius 1 is 1.37 bits per heavy atom. The van der Waals surface area contributed by atoms with Gasteiger partial charge >= 0.3 is 0 Å². The van der Waals surface area contributed by atoms with Gasteiger partial charge in [0.05, 0.1) is 11.0 Å². The van der Waals surface area contributed by atoms with Crippen molar-refractivity contribution in [2.75, 3.05) is 19.6 Å². The minimum Gasteiger partial charge on any atom is -0.331 e. The SMILES string of the molecule is CCN(CC)CC(C)n1c(=S)[nH]c2cc(Cl)ccc21. The van der Waals surface area contributed by atoms with E-state index in [-0.39, 0.29) is 0 Å². The van der Waals surface area contributed by atoms with Gasteiger partial charge in [0, 0.05) is 17.6 Å². The first kappa shape index (κ1) is 14.6. The van der Waals surface area contributed by atoms with Gasteiger partial charge < -0.3 is 14.5 Å². The number of nitrogens with one attached hydrogen (secondary N) is 1. The number of benzene rings is 1. The van der Waals surface area contributed by atoms with Crippen LogP contribution in [0, 0.1) is 4.77 Å². The molecule has 2 aromatic rings. The molecule has 19 heavy (non-hydrogen) atoms. The number of aromatic nitrogens is 2. The van der Waals surface area contributed by atoms with E-state index in [0.29, 0.717) is 6.04 Å². The first-order valence-corrected chi connectivity index (χ1v) is 7.47. The zero-order valence-corrected chi connectivity index (χ0v) is 13.2. The van der Waals surface area contributed by atoms with Crippen molar-refractivity contribution in [1.29, 1.82) is 0 Å². The third kappa shape index (κ3) is 3.02. The highest BCUT2D eigenvalue weighted by molar-refractivity contribution is 7.71. The first-order chi connectivity index (χ1) is 9.06. The summed E-state index contributed by atoms with van der Waals surface area (Å²) in [5.74, 6) is 0. The normalized spacial score (nSPS) is 13.3. The van der Waals surface area contributed by atoms with Gasteiger partial charge in [0.2, 0.25) is 0 Å². The third-order valence-corrected chi connectivity index (χ3v) is 4.07. The Morgan fingerprint density at radius 3 is 2.68 bits per heavy atom. The van der Waals surface area contributed by atoms with Crippen LogP contribution >= 0.6 is 23.8 Å². The molecule has 1 aromatic carbocycles. The van der Waals surface area contributed by atoms with Crippen LogP contribution in [0.15, 0.2) is 18.2 Å². The topological polar surface area (TPSA) is 24.0 Å². The number of imidazole rings is 1. The molecule has 1 atom stereocenters. The van der Waals surface area contributed by atoms with E-state index < -0.39 is 0 Å². The number of H-pyrrole nitrogens is 1. The first-order valence-electron chi connectivity index (χ1n) is 6.69. The van der Waals surface area contributed by atoms with Crippen LogP contribution in [0.25, 0.3) is 11.0 Å². The highest BCUT2D eigenvalue weighted by atomic mass is 35.5. The van der Waals surface area contributed by atoms with Gasteiger partial charge in [-0.15, -0.1) is 0 Å². The summed E-state index contributed by atoms with van der Waals surface area (Å²) in [6, 6.07) is 6.20. The van der Waals surface area contributed by atoms with Crippen molar-refractivity contribution in [2.24, 2.45) is 0 Å². The molecule has 0 saturated heterocycles. The lowest BCUT2D eigenvalue weighted by Gasteiger charge is -2.24. The third-order valence-electron chi connectivity index (χ3n) is 3.54. The van der Waals surface area contributed by atoms with Gasteiger partial charge in [0.15, 0.2) is 4.77 Å². The molecule has 1 N–H and O–H groups in total. The van der Waals surface area contributed by atoms with Crippen LogP contribution in [-0.2, 0) is 0 Å². The molecule has 0 saturated carbocycles. The van der Waals surface area contributed by atoms with Crippen molar-refractivity contribution in [3.05, 3.63) is 28.0 Å². The molecule has 1 aromatic heterocycles. The maximum absolute atomic E-state index is 6.02. The van der Waals surface area contributed by atoms with E-state index in [0.717, 1.165) is 40.5 Å². The molecule has 104 valence electrons. The highest BCUT2D eigenvalue weighted by Gasteiger charge is 2.13. The van der Waals surface area contributed by atoms with Crippen LogP contribution in [0.4, 0.5) is 0 Å². The fraction of sp³-hybridized carbons (Fsp3) is 0.500. The summed E-state index contributed by atoms with van der Waals surface area (Å²) in [6.07, 6.45) is 0. The van der Waals surface area contributed by atoms with Gasteiger partial charge in [-0.1, -0.05) is 25.4 Å². The Bertz CT molecular complexity index is 613. The largest absolute Gasteiger partial charge is 0.331 e. The molecule has 3 nitrogen and oxygen atoms in total. The highest BCUT2D eigenvalue weighted by Crippen LogP contribution is 2.22. The van der Waals surface area contributed by atoms with E-state index in [1.54, 1.807) is 0 Å². The monoisotopic (exact) mass is 297 g/mol. The molecule has 0 radical (unpaired) electrons. The molecule has 2 rings (SSSR count). The second kappa shape index (κ2) is 6.07. The number of halogens is 1. The van der Waals surface area contributed by atoms with Crippen LogP contribution in [0.2, 0.25) is 5.02 Å². The molecule has 0 amide bonds. The minimum atomic E-state index is 0.335. The quantitative estimate of drug-likeness (QED) is 0.834. The summed E-state index contributed by atoms with van der Waals surface area (Å²) >= 11 is 11.5. The van der Waals surface area contributed by atoms with Crippen LogP contribution in [0.1, 0.15) is 26.8 Å². The van der Waals surface area contributed by atoms with Crippen LogP contribution in [0.3, 0.4) is 0 Å². The van der Waals surface area contributed by atoms with Gasteiger partial charge in [-0.05, 0) is 50.4 Å². The number of likely N-dealkylation sites (N-methyl/N-ethyl adjacent to an activating group) is 1. The number of fused-ring (bicyclic) bond motifs is 1. The molecular weight excluding hydrogens is 278 g/mol. The van der Waals surface area contributed by atoms with Crippen molar-refractivity contribution in [3.63, 3.8) is 0 Å². The molecule has 1 unspecified atom stereocenters. The summed E-state index contributed by atoms with van der Waals surface area (Å²) in [7, 11) is 0. The van der Waals surface area contributed by atoms with Crippen LogP contribution < -0.4 is 0 Å². The Kier molecular flexibility index (Phi) is 4.66. The van der Waals surface area contributed by atoms with Crippen LogP contribution in [0.5, 0.6) is 0 Å². The van der Waals surface area contributed by atoms with Gasteiger partial charge in [-0.3, -0.25) is 0 Å². The number of nitrogens with zero attached hydrogens (tertiary/aromatic N) is 2. The van der Waals surface area contributed by atoms with Crippen LogP contribution in [-0.4, -0.2) is 34.1 Å². The summed E-state index contributed by atoms with van der Waals surface area (Å²) < 4.78 is 2.94. The number of hydrogen-bond acceptors (Lipinski definition) is 2. The van der Waals surface area contributed by atoms with E-state index in [9.17, 15) is 0 Å². The Balaban J connectivity index is 2.39. The molecule has 0 spiro atoms. The van der Waals surface area contributed by atoms with E-state index in [4.69, 9.17) is 23.8 Å². The van der Waals surface area contributed by atoms with E-state index >= 15 is 0 Å². The average Bonchev–Trinajstić information content (AvgIpc) is 2.70. The predicted molar refractivity (Wildman–Crippen MR) is 84.6 cm³/mol. The molecular formula is C14H20ClN3S. The molecule has 5 heteroatoms. The van der Waals surface area contributed by atoms with Crippen molar-refractivity contribution < 1.29 is 0 Å². The predicted octanol–water partition coefficient (Wildman–Crippen LogP) is 4.26. The summed E-state index contributed by atoms with van der Waals surface area (Å²) in [5.41, 5.74) is 2.12. The number of hydrogen-bond donors (Lipinski definition) is 1. The van der Waals surface area contributed by atoms with Crippen molar-refractivity contribution in [2.45, 2.75) is 26.8 Å². The van der Waals surface area contributed by atoms with E-state index in [1.807, 2.05) is 18.2 Å².